The topological polar surface area (TPSA) is 66.4 Å². The van der Waals surface area contributed by atoms with Crippen molar-refractivity contribution >= 4 is 26.7 Å². The minimum atomic E-state index is -3.02. The molecule has 2 aliphatic heterocycles. The minimum Gasteiger partial charge on any atom is -0.356 e. The molecule has 0 aliphatic carbocycles. The predicted molar refractivity (Wildman–Crippen MR) is 94.6 cm³/mol. The fourth-order valence-corrected chi connectivity index (χ4v) is 5.74. The SMILES string of the molecule is Cc1cccc2ncnc(N3CCC(N4CCCS4(=O)=O)CC3)c12. The van der Waals surface area contributed by atoms with E-state index in [9.17, 15) is 8.42 Å². The summed E-state index contributed by atoms with van der Waals surface area (Å²) in [6.45, 7) is 4.43. The van der Waals surface area contributed by atoms with E-state index in [-0.39, 0.29) is 6.04 Å². The number of nitrogens with zero attached hydrogens (tertiary/aromatic N) is 4. The molecule has 0 radical (unpaired) electrons. The summed E-state index contributed by atoms with van der Waals surface area (Å²) in [7, 11) is -3.02. The molecule has 6 nitrogen and oxygen atoms in total. The van der Waals surface area contributed by atoms with Gasteiger partial charge in [0.1, 0.15) is 12.1 Å². The van der Waals surface area contributed by atoms with Crippen LogP contribution < -0.4 is 4.90 Å². The molecule has 7 heteroatoms. The summed E-state index contributed by atoms with van der Waals surface area (Å²) in [5, 5.41) is 1.10. The molecule has 2 saturated heterocycles. The van der Waals surface area contributed by atoms with Crippen LogP contribution in [0.3, 0.4) is 0 Å². The lowest BCUT2D eigenvalue weighted by Gasteiger charge is -2.36. The third-order valence-corrected chi connectivity index (χ3v) is 7.16. The lowest BCUT2D eigenvalue weighted by Crippen LogP contribution is -2.45. The van der Waals surface area contributed by atoms with Gasteiger partial charge in [0.25, 0.3) is 0 Å². The van der Waals surface area contributed by atoms with E-state index in [1.165, 1.54) is 5.56 Å². The molecule has 24 heavy (non-hydrogen) atoms. The molecule has 0 amide bonds. The molecule has 2 aromatic rings. The summed E-state index contributed by atoms with van der Waals surface area (Å²) < 4.78 is 26.0. The zero-order chi connectivity index (χ0) is 16.7. The normalized spacial score (nSPS) is 22.3. The molecule has 1 aromatic carbocycles. The van der Waals surface area contributed by atoms with Crippen LogP contribution in [-0.4, -0.2) is 54.1 Å². The van der Waals surface area contributed by atoms with Crippen LogP contribution in [0.4, 0.5) is 5.82 Å². The van der Waals surface area contributed by atoms with Gasteiger partial charge in [-0.1, -0.05) is 12.1 Å². The Bertz CT molecular complexity index is 855. The largest absolute Gasteiger partial charge is 0.356 e. The molecule has 0 spiro atoms. The maximum absolute atomic E-state index is 12.1. The van der Waals surface area contributed by atoms with Crippen LogP contribution in [0.5, 0.6) is 0 Å². The summed E-state index contributed by atoms with van der Waals surface area (Å²) in [6.07, 6.45) is 4.10. The molecule has 2 aliphatic rings. The Morgan fingerprint density at radius 2 is 1.92 bits per heavy atom. The number of aromatic nitrogens is 2. The molecule has 2 fully saturated rings. The second-order valence-electron chi connectivity index (χ2n) is 6.66. The van der Waals surface area contributed by atoms with E-state index in [1.54, 1.807) is 10.6 Å². The lowest BCUT2D eigenvalue weighted by atomic mass is 10.0. The smallest absolute Gasteiger partial charge is 0.214 e. The maximum atomic E-state index is 12.1. The van der Waals surface area contributed by atoms with E-state index in [2.05, 4.69) is 27.9 Å². The van der Waals surface area contributed by atoms with Crippen molar-refractivity contribution in [3.05, 3.63) is 30.1 Å². The zero-order valence-corrected chi connectivity index (χ0v) is 14.7. The van der Waals surface area contributed by atoms with Gasteiger partial charge in [-0.15, -0.1) is 0 Å². The van der Waals surface area contributed by atoms with Gasteiger partial charge in [0.2, 0.25) is 10.0 Å². The Hall–Kier alpha value is -1.73. The van der Waals surface area contributed by atoms with Crippen molar-refractivity contribution in [3.63, 3.8) is 0 Å². The fraction of sp³-hybridized carbons (Fsp3) is 0.529. The first-order chi connectivity index (χ1) is 11.6. The van der Waals surface area contributed by atoms with Gasteiger partial charge in [0, 0.05) is 31.1 Å². The monoisotopic (exact) mass is 346 g/mol. The third-order valence-electron chi connectivity index (χ3n) is 5.16. The fourth-order valence-electron chi connectivity index (χ4n) is 3.94. The average molecular weight is 346 g/mol. The molecule has 1 aromatic heterocycles. The molecule has 0 atom stereocenters. The van der Waals surface area contributed by atoms with E-state index in [1.807, 2.05) is 12.1 Å². The average Bonchev–Trinajstić information content (AvgIpc) is 2.94. The van der Waals surface area contributed by atoms with Crippen molar-refractivity contribution in [3.8, 4) is 0 Å². The summed E-state index contributed by atoms with van der Waals surface area (Å²) in [4.78, 5) is 11.2. The number of hydrogen-bond donors (Lipinski definition) is 0. The van der Waals surface area contributed by atoms with Gasteiger partial charge in [0.15, 0.2) is 0 Å². The highest BCUT2D eigenvalue weighted by atomic mass is 32.2. The number of sulfonamides is 1. The molecule has 4 rings (SSSR count). The quantitative estimate of drug-likeness (QED) is 0.831. The molecule has 128 valence electrons. The summed E-state index contributed by atoms with van der Waals surface area (Å²) in [5.74, 6) is 1.28. The van der Waals surface area contributed by atoms with Crippen LogP contribution in [0.2, 0.25) is 0 Å². The van der Waals surface area contributed by atoms with Crippen molar-refractivity contribution < 1.29 is 8.42 Å². The Labute approximate surface area is 142 Å². The second-order valence-corrected chi connectivity index (χ2v) is 8.71. The highest BCUT2D eigenvalue weighted by molar-refractivity contribution is 7.89. The minimum absolute atomic E-state index is 0.142. The van der Waals surface area contributed by atoms with Crippen LogP contribution in [0.1, 0.15) is 24.8 Å². The molecule has 0 N–H and O–H groups in total. The van der Waals surface area contributed by atoms with E-state index < -0.39 is 10.0 Å². The molecule has 3 heterocycles. The van der Waals surface area contributed by atoms with Crippen molar-refractivity contribution in [2.45, 2.75) is 32.2 Å². The van der Waals surface area contributed by atoms with Crippen molar-refractivity contribution in [2.75, 3.05) is 30.3 Å². The van der Waals surface area contributed by atoms with Gasteiger partial charge in [0.05, 0.1) is 11.3 Å². The number of hydrogen-bond acceptors (Lipinski definition) is 5. The van der Waals surface area contributed by atoms with Crippen LogP contribution in [0.15, 0.2) is 24.5 Å². The van der Waals surface area contributed by atoms with Crippen molar-refractivity contribution in [1.29, 1.82) is 0 Å². The molecule has 0 unspecified atom stereocenters. The number of aryl methyl sites for hydroxylation is 1. The highest BCUT2D eigenvalue weighted by Gasteiger charge is 2.36. The number of fused-ring (bicyclic) bond motifs is 1. The van der Waals surface area contributed by atoms with E-state index in [0.717, 1.165) is 49.1 Å². The van der Waals surface area contributed by atoms with Crippen LogP contribution in [0, 0.1) is 6.92 Å². The molecular weight excluding hydrogens is 324 g/mol. The van der Waals surface area contributed by atoms with Crippen molar-refractivity contribution in [1.82, 2.24) is 14.3 Å². The van der Waals surface area contributed by atoms with Crippen LogP contribution in [0.25, 0.3) is 10.9 Å². The third kappa shape index (κ3) is 2.65. The number of anilines is 1. The van der Waals surface area contributed by atoms with Gasteiger partial charge >= 0.3 is 0 Å². The Morgan fingerprint density at radius 3 is 2.62 bits per heavy atom. The summed E-state index contributed by atoms with van der Waals surface area (Å²) in [6, 6.07) is 6.25. The van der Waals surface area contributed by atoms with Gasteiger partial charge in [-0.25, -0.2) is 18.4 Å². The Kier molecular flexibility index (Phi) is 3.92. The lowest BCUT2D eigenvalue weighted by molar-refractivity contribution is 0.290. The van der Waals surface area contributed by atoms with Gasteiger partial charge in [-0.3, -0.25) is 0 Å². The first-order valence-electron chi connectivity index (χ1n) is 8.51. The highest BCUT2D eigenvalue weighted by Crippen LogP contribution is 2.30. The maximum Gasteiger partial charge on any atom is 0.214 e. The number of piperidine rings is 1. The molecule has 0 saturated carbocycles. The Balaban J connectivity index is 1.57. The Morgan fingerprint density at radius 1 is 1.12 bits per heavy atom. The number of rotatable bonds is 2. The molecule has 0 bridgehead atoms. The zero-order valence-electron chi connectivity index (χ0n) is 13.9. The van der Waals surface area contributed by atoms with Crippen molar-refractivity contribution in [2.24, 2.45) is 0 Å². The van der Waals surface area contributed by atoms with Crippen LogP contribution in [-0.2, 0) is 10.0 Å². The number of benzene rings is 1. The standard InChI is InChI=1S/C17H22N4O2S/c1-13-4-2-5-15-16(13)17(19-12-18-15)20-9-6-14(7-10-20)21-8-3-11-24(21,22)23/h2,4-5,12,14H,3,6-11H2,1H3. The first kappa shape index (κ1) is 15.8. The summed E-state index contributed by atoms with van der Waals surface area (Å²) >= 11 is 0. The van der Waals surface area contributed by atoms with E-state index in [4.69, 9.17) is 0 Å². The summed E-state index contributed by atoms with van der Waals surface area (Å²) in [5.41, 5.74) is 2.14. The first-order valence-corrected chi connectivity index (χ1v) is 10.1. The van der Waals surface area contributed by atoms with E-state index in [0.29, 0.717) is 12.3 Å². The van der Waals surface area contributed by atoms with E-state index >= 15 is 0 Å². The van der Waals surface area contributed by atoms with Crippen LogP contribution >= 0.6 is 0 Å². The van der Waals surface area contributed by atoms with Gasteiger partial charge in [-0.2, -0.15) is 4.31 Å². The van der Waals surface area contributed by atoms with Gasteiger partial charge in [-0.05, 0) is 37.8 Å². The van der Waals surface area contributed by atoms with Gasteiger partial charge < -0.3 is 4.90 Å². The second kappa shape index (κ2) is 5.97. The molecular formula is C17H22N4O2S. The predicted octanol–water partition coefficient (Wildman–Crippen LogP) is 1.94.